The summed E-state index contributed by atoms with van der Waals surface area (Å²) in [7, 11) is 0. The minimum atomic E-state index is 0.248. The molecule has 35 heavy (non-hydrogen) atoms. The molecule has 0 aromatic heterocycles. The van der Waals surface area contributed by atoms with Crippen LogP contribution in [-0.2, 0) is 0 Å². The van der Waals surface area contributed by atoms with Crippen LogP contribution in [0.1, 0.15) is 81.8 Å². The Labute approximate surface area is 213 Å². The Morgan fingerprint density at radius 2 is 1.40 bits per heavy atom. The van der Waals surface area contributed by atoms with E-state index in [0.29, 0.717) is 11.8 Å². The fourth-order valence-corrected chi connectivity index (χ4v) is 6.19. The van der Waals surface area contributed by atoms with Gasteiger partial charge >= 0.3 is 0 Å². The molecule has 0 N–H and O–H groups in total. The van der Waals surface area contributed by atoms with Gasteiger partial charge in [0.25, 0.3) is 0 Å². The van der Waals surface area contributed by atoms with E-state index >= 15 is 0 Å². The van der Waals surface area contributed by atoms with Gasteiger partial charge in [0.1, 0.15) is 0 Å². The Bertz CT molecular complexity index is 1070. The molecule has 1 aliphatic rings. The Balaban J connectivity index is 1.79. The number of hydrogen-bond acceptors (Lipinski definition) is 0. The molecule has 1 fully saturated rings. The van der Waals surface area contributed by atoms with Crippen molar-refractivity contribution in [1.29, 1.82) is 0 Å². The molecular formula is C35H42. The van der Waals surface area contributed by atoms with Crippen LogP contribution in [0, 0.1) is 11.8 Å². The first-order valence-corrected chi connectivity index (χ1v) is 13.8. The van der Waals surface area contributed by atoms with Gasteiger partial charge in [-0.1, -0.05) is 143 Å². The quantitative estimate of drug-likeness (QED) is 0.196. The average Bonchev–Trinajstić information content (AvgIpc) is 2.93. The van der Waals surface area contributed by atoms with Crippen LogP contribution >= 0.6 is 0 Å². The molecule has 0 bridgehead atoms. The zero-order valence-corrected chi connectivity index (χ0v) is 21.6. The second-order valence-electron chi connectivity index (χ2n) is 10.4. The van der Waals surface area contributed by atoms with E-state index in [1.54, 1.807) is 0 Å². The number of rotatable bonds is 11. The van der Waals surface area contributed by atoms with E-state index in [9.17, 15) is 0 Å². The fourth-order valence-electron chi connectivity index (χ4n) is 6.19. The lowest BCUT2D eigenvalue weighted by Gasteiger charge is -2.39. The molecular weight excluding hydrogens is 420 g/mol. The molecule has 0 spiro atoms. The average molecular weight is 463 g/mol. The first-order valence-electron chi connectivity index (χ1n) is 13.8. The monoisotopic (exact) mass is 462 g/mol. The van der Waals surface area contributed by atoms with Crippen LogP contribution in [0.2, 0.25) is 0 Å². The van der Waals surface area contributed by atoms with Gasteiger partial charge in [0.15, 0.2) is 0 Å². The Morgan fingerprint density at radius 1 is 0.771 bits per heavy atom. The highest BCUT2D eigenvalue weighted by atomic mass is 14.4. The van der Waals surface area contributed by atoms with Gasteiger partial charge in [-0.2, -0.15) is 0 Å². The van der Waals surface area contributed by atoms with Crippen LogP contribution in [0.25, 0.3) is 16.7 Å². The minimum Gasteiger partial charge on any atom is -0.0995 e. The van der Waals surface area contributed by atoms with Crippen molar-refractivity contribution in [2.45, 2.75) is 70.6 Å². The topological polar surface area (TPSA) is 0 Å². The van der Waals surface area contributed by atoms with Crippen molar-refractivity contribution >= 4 is 5.57 Å². The van der Waals surface area contributed by atoms with Crippen LogP contribution in [0.15, 0.2) is 104 Å². The summed E-state index contributed by atoms with van der Waals surface area (Å²) in [6.07, 6.45) is 11.6. The lowest BCUT2D eigenvalue weighted by Crippen LogP contribution is -2.27. The van der Waals surface area contributed by atoms with Crippen LogP contribution in [-0.4, -0.2) is 0 Å². The normalized spacial score (nSPS) is 15.9. The summed E-state index contributed by atoms with van der Waals surface area (Å²) < 4.78 is 0. The zero-order chi connectivity index (χ0) is 24.5. The lowest BCUT2D eigenvalue weighted by molar-refractivity contribution is 0.259. The summed E-state index contributed by atoms with van der Waals surface area (Å²) in [5.41, 5.74) is 7.87. The second-order valence-corrected chi connectivity index (χ2v) is 10.4. The number of allylic oxidation sites excluding steroid dienone is 2. The highest BCUT2D eigenvalue weighted by Crippen LogP contribution is 2.49. The van der Waals surface area contributed by atoms with Gasteiger partial charge < -0.3 is 0 Å². The van der Waals surface area contributed by atoms with Crippen LogP contribution in [0.4, 0.5) is 0 Å². The summed E-state index contributed by atoms with van der Waals surface area (Å²) >= 11 is 0. The van der Waals surface area contributed by atoms with Crippen molar-refractivity contribution in [2.24, 2.45) is 11.8 Å². The van der Waals surface area contributed by atoms with Crippen molar-refractivity contribution in [3.63, 3.8) is 0 Å². The molecule has 0 amide bonds. The molecule has 0 nitrogen and oxygen atoms in total. The minimum absolute atomic E-state index is 0.248. The van der Waals surface area contributed by atoms with E-state index in [1.807, 2.05) is 0 Å². The van der Waals surface area contributed by atoms with Gasteiger partial charge in [-0.25, -0.2) is 0 Å². The highest BCUT2D eigenvalue weighted by molar-refractivity contribution is 5.83. The maximum atomic E-state index is 4.84. The van der Waals surface area contributed by atoms with E-state index in [-0.39, 0.29) is 5.92 Å². The smallest absolute Gasteiger partial charge is 0.0158 e. The van der Waals surface area contributed by atoms with Gasteiger partial charge in [-0.05, 0) is 65.3 Å². The van der Waals surface area contributed by atoms with Gasteiger partial charge in [-0.3, -0.25) is 0 Å². The molecule has 0 saturated heterocycles. The molecule has 0 heterocycles. The second kappa shape index (κ2) is 12.7. The Hall–Kier alpha value is -2.86. The molecule has 3 aromatic rings. The van der Waals surface area contributed by atoms with Gasteiger partial charge in [0.2, 0.25) is 0 Å². The molecule has 2 atom stereocenters. The predicted octanol–water partition coefficient (Wildman–Crippen LogP) is 10.5. The molecule has 0 heteroatoms. The third-order valence-corrected chi connectivity index (χ3v) is 7.98. The predicted molar refractivity (Wildman–Crippen MR) is 153 cm³/mol. The SMILES string of the molecule is C=C(c1ccccc1-c1ccccc1)C(c1ccccc1)C(C(=C)CCCCC)C1CCCCC1. The molecule has 1 aliphatic carbocycles. The zero-order valence-electron chi connectivity index (χ0n) is 21.6. The van der Waals surface area contributed by atoms with Crippen molar-refractivity contribution in [1.82, 2.24) is 0 Å². The highest BCUT2D eigenvalue weighted by Gasteiger charge is 2.35. The number of hydrogen-bond donors (Lipinski definition) is 0. The summed E-state index contributed by atoms with van der Waals surface area (Å²) in [5.74, 6) is 1.37. The third-order valence-electron chi connectivity index (χ3n) is 7.98. The molecule has 3 aromatic carbocycles. The van der Waals surface area contributed by atoms with E-state index < -0.39 is 0 Å². The first kappa shape index (κ1) is 25.2. The standard InChI is InChI=1S/C35H42/c1-4-5-9-18-27(2)34(30-21-12-7-13-22-30)35(31-23-14-8-15-24-31)28(3)32-25-16-17-26-33(32)29-19-10-6-11-20-29/h6,8,10-11,14-17,19-20,23-26,30,34-35H,2-5,7,9,12-13,18,21-22H2,1H3. The lowest BCUT2D eigenvalue weighted by atomic mass is 9.65. The Morgan fingerprint density at radius 3 is 2.09 bits per heavy atom. The maximum Gasteiger partial charge on any atom is 0.0158 e. The van der Waals surface area contributed by atoms with Gasteiger partial charge in [-0.15, -0.1) is 0 Å². The van der Waals surface area contributed by atoms with E-state index in [2.05, 4.69) is 91.9 Å². The van der Waals surface area contributed by atoms with E-state index in [4.69, 9.17) is 13.2 Å². The maximum absolute atomic E-state index is 4.84. The Kier molecular flexibility index (Phi) is 9.18. The molecule has 0 radical (unpaired) electrons. The summed E-state index contributed by atoms with van der Waals surface area (Å²) in [4.78, 5) is 0. The van der Waals surface area contributed by atoms with Crippen molar-refractivity contribution in [3.05, 3.63) is 115 Å². The number of unbranched alkanes of at least 4 members (excludes halogenated alkanes) is 2. The number of benzene rings is 3. The van der Waals surface area contributed by atoms with Crippen LogP contribution < -0.4 is 0 Å². The van der Waals surface area contributed by atoms with Crippen LogP contribution in [0.5, 0.6) is 0 Å². The first-order chi connectivity index (χ1) is 17.2. The van der Waals surface area contributed by atoms with E-state index in [1.165, 1.54) is 84.8 Å². The summed E-state index contributed by atoms with van der Waals surface area (Å²) in [6.45, 7) is 11.9. The largest absolute Gasteiger partial charge is 0.0995 e. The van der Waals surface area contributed by atoms with Crippen molar-refractivity contribution in [3.8, 4) is 11.1 Å². The molecule has 2 unspecified atom stereocenters. The molecule has 0 aliphatic heterocycles. The van der Waals surface area contributed by atoms with E-state index in [0.717, 1.165) is 6.42 Å². The summed E-state index contributed by atoms with van der Waals surface area (Å²) in [6, 6.07) is 30.8. The van der Waals surface area contributed by atoms with Gasteiger partial charge in [0.05, 0.1) is 0 Å². The fraction of sp³-hybridized carbons (Fsp3) is 0.371. The van der Waals surface area contributed by atoms with Crippen molar-refractivity contribution in [2.75, 3.05) is 0 Å². The molecule has 182 valence electrons. The van der Waals surface area contributed by atoms with Gasteiger partial charge in [0, 0.05) is 5.92 Å². The van der Waals surface area contributed by atoms with Crippen molar-refractivity contribution < 1.29 is 0 Å². The van der Waals surface area contributed by atoms with Crippen LogP contribution in [0.3, 0.4) is 0 Å². The summed E-state index contributed by atoms with van der Waals surface area (Å²) in [5, 5.41) is 0. The molecule has 4 rings (SSSR count). The third kappa shape index (κ3) is 6.23. The molecule has 1 saturated carbocycles.